The first kappa shape index (κ1) is 26.4. The highest BCUT2D eigenvalue weighted by Gasteiger charge is 2.38. The molecule has 2 aromatic rings. The van der Waals surface area contributed by atoms with Crippen molar-refractivity contribution in [1.29, 1.82) is 0 Å². The van der Waals surface area contributed by atoms with Gasteiger partial charge in [0, 0.05) is 0 Å². The fraction of sp³-hybridized carbons (Fsp3) is 0.500. The van der Waals surface area contributed by atoms with Crippen molar-refractivity contribution in [3.8, 4) is 11.5 Å². The fourth-order valence-electron chi connectivity index (χ4n) is 2.64. The number of hydrogen-bond acceptors (Lipinski definition) is 6. The van der Waals surface area contributed by atoms with Crippen LogP contribution in [0.3, 0.4) is 0 Å². The third kappa shape index (κ3) is 7.60. The van der Waals surface area contributed by atoms with E-state index in [2.05, 4.69) is 54.8 Å². The molecule has 176 valence electrons. The van der Waals surface area contributed by atoms with E-state index in [0.717, 1.165) is 15.9 Å². The molecule has 0 N–H and O–H groups in total. The summed E-state index contributed by atoms with van der Waals surface area (Å²) in [5.41, 5.74) is 1.65. The van der Waals surface area contributed by atoms with E-state index >= 15 is 0 Å². The lowest BCUT2D eigenvalue weighted by Crippen LogP contribution is -2.42. The Balaban J connectivity index is 2.18. The first-order chi connectivity index (χ1) is 14.9. The van der Waals surface area contributed by atoms with E-state index < -0.39 is 14.3 Å². The predicted molar refractivity (Wildman–Crippen MR) is 132 cm³/mol. The summed E-state index contributed by atoms with van der Waals surface area (Å²) >= 11 is 3.45. The monoisotopic (exact) mass is 523 g/mol. The third-order valence-corrected chi connectivity index (χ3v) is 10.5. The molecule has 1 aromatic carbocycles. The molecule has 0 fully saturated rings. The Morgan fingerprint density at radius 3 is 2.50 bits per heavy atom. The minimum Gasteiger partial charge on any atom is -0.482 e. The summed E-state index contributed by atoms with van der Waals surface area (Å²) in [6.07, 6.45) is -0.368. The predicted octanol–water partition coefficient (Wildman–Crippen LogP) is 6.24. The normalized spacial score (nSPS) is 12.9. The van der Waals surface area contributed by atoms with Crippen LogP contribution in [0.15, 0.2) is 41.0 Å². The number of esters is 1. The van der Waals surface area contributed by atoms with Crippen molar-refractivity contribution in [2.24, 2.45) is 0 Å². The van der Waals surface area contributed by atoms with Gasteiger partial charge in [-0.05, 0) is 83.8 Å². The Labute approximate surface area is 200 Å². The van der Waals surface area contributed by atoms with Gasteiger partial charge < -0.3 is 18.6 Å². The highest BCUT2D eigenvalue weighted by molar-refractivity contribution is 9.10. The fourth-order valence-corrected chi connectivity index (χ4v) is 4.00. The number of hydrogen-bond donors (Lipinski definition) is 0. The van der Waals surface area contributed by atoms with Crippen molar-refractivity contribution >= 4 is 30.2 Å². The molecule has 0 saturated heterocycles. The zero-order valence-corrected chi connectivity index (χ0v) is 22.6. The van der Waals surface area contributed by atoms with Crippen LogP contribution in [0.1, 0.15) is 45.1 Å². The summed E-state index contributed by atoms with van der Waals surface area (Å²) in [6, 6.07) is 11.3. The maximum Gasteiger partial charge on any atom is 0.344 e. The second kappa shape index (κ2) is 11.3. The van der Waals surface area contributed by atoms with E-state index in [0.29, 0.717) is 24.7 Å². The molecule has 0 aliphatic heterocycles. The van der Waals surface area contributed by atoms with Gasteiger partial charge in [0.05, 0.1) is 18.9 Å². The Bertz CT molecular complexity index is 914. The minimum atomic E-state index is -1.96. The lowest BCUT2D eigenvalue weighted by Gasteiger charge is -2.37. The highest BCUT2D eigenvalue weighted by atomic mass is 79.9. The van der Waals surface area contributed by atoms with Gasteiger partial charge in [-0.3, -0.25) is 0 Å². The quantitative estimate of drug-likeness (QED) is 0.208. The SMILES string of the molecule is CCOC(=O)COc1ccc(OC(CO[Si](C)(C)C(C)(C)C)c2cccc(Br)n2)cc1C. The van der Waals surface area contributed by atoms with Gasteiger partial charge in [-0.25, -0.2) is 9.78 Å². The smallest absolute Gasteiger partial charge is 0.344 e. The van der Waals surface area contributed by atoms with E-state index in [9.17, 15) is 4.79 Å². The van der Waals surface area contributed by atoms with Crippen molar-refractivity contribution in [2.75, 3.05) is 19.8 Å². The number of halogens is 1. The Hall–Kier alpha value is -1.90. The molecule has 1 unspecified atom stereocenters. The molecule has 32 heavy (non-hydrogen) atoms. The van der Waals surface area contributed by atoms with Crippen molar-refractivity contribution < 1.29 is 23.4 Å². The van der Waals surface area contributed by atoms with Gasteiger partial charge in [0.25, 0.3) is 0 Å². The second-order valence-corrected chi connectivity index (χ2v) is 14.7. The van der Waals surface area contributed by atoms with Gasteiger partial charge in [0.15, 0.2) is 21.0 Å². The number of aromatic nitrogens is 1. The first-order valence-electron chi connectivity index (χ1n) is 10.7. The molecule has 0 amide bonds. The van der Waals surface area contributed by atoms with E-state index in [1.165, 1.54) is 0 Å². The molecule has 2 rings (SSSR count). The zero-order chi connectivity index (χ0) is 23.9. The van der Waals surface area contributed by atoms with Crippen LogP contribution in [0.4, 0.5) is 0 Å². The highest BCUT2D eigenvalue weighted by Crippen LogP contribution is 2.37. The molecule has 0 aliphatic carbocycles. The van der Waals surface area contributed by atoms with Crippen molar-refractivity contribution in [3.05, 3.63) is 52.3 Å². The summed E-state index contributed by atoms with van der Waals surface area (Å²) in [5, 5.41) is 0.0940. The van der Waals surface area contributed by atoms with Gasteiger partial charge in [-0.15, -0.1) is 0 Å². The second-order valence-electron chi connectivity index (χ2n) is 9.08. The molecule has 6 nitrogen and oxygen atoms in total. The van der Waals surface area contributed by atoms with Crippen LogP contribution in [0.5, 0.6) is 11.5 Å². The molecule has 0 saturated carbocycles. The number of nitrogens with zero attached hydrogens (tertiary/aromatic N) is 1. The van der Waals surface area contributed by atoms with Crippen molar-refractivity contribution in [2.45, 2.75) is 58.9 Å². The van der Waals surface area contributed by atoms with Gasteiger partial charge >= 0.3 is 5.97 Å². The average Bonchev–Trinajstić information content (AvgIpc) is 2.70. The van der Waals surface area contributed by atoms with E-state index in [4.69, 9.17) is 18.6 Å². The van der Waals surface area contributed by atoms with Crippen LogP contribution in [-0.4, -0.2) is 39.1 Å². The van der Waals surface area contributed by atoms with Crippen molar-refractivity contribution in [1.82, 2.24) is 4.98 Å². The Morgan fingerprint density at radius 1 is 1.19 bits per heavy atom. The lowest BCUT2D eigenvalue weighted by atomic mass is 10.2. The number of carbonyl (C=O) groups is 1. The average molecular weight is 525 g/mol. The summed E-state index contributed by atoms with van der Waals surface area (Å²) in [5.74, 6) is 0.896. The molecular weight excluding hydrogens is 490 g/mol. The molecule has 1 aromatic heterocycles. The van der Waals surface area contributed by atoms with E-state index in [-0.39, 0.29) is 17.7 Å². The summed E-state index contributed by atoms with van der Waals surface area (Å²) in [4.78, 5) is 16.1. The molecular formula is C24H34BrNO5Si. The van der Waals surface area contributed by atoms with Gasteiger partial charge in [0.1, 0.15) is 16.1 Å². The van der Waals surface area contributed by atoms with Crippen LogP contribution in [0.25, 0.3) is 0 Å². The Morgan fingerprint density at radius 2 is 1.91 bits per heavy atom. The van der Waals surface area contributed by atoms with Crippen LogP contribution < -0.4 is 9.47 Å². The number of pyridine rings is 1. The molecule has 0 spiro atoms. The number of benzene rings is 1. The minimum absolute atomic E-state index is 0.0940. The van der Waals surface area contributed by atoms with Gasteiger partial charge in [-0.1, -0.05) is 26.8 Å². The summed E-state index contributed by atoms with van der Waals surface area (Å²) in [7, 11) is -1.96. The number of aryl methyl sites for hydroxylation is 1. The van der Waals surface area contributed by atoms with Gasteiger partial charge in [-0.2, -0.15) is 0 Å². The largest absolute Gasteiger partial charge is 0.482 e. The number of carbonyl (C=O) groups excluding carboxylic acids is 1. The van der Waals surface area contributed by atoms with Crippen LogP contribution in [-0.2, 0) is 14.0 Å². The molecule has 0 radical (unpaired) electrons. The molecule has 0 aliphatic rings. The third-order valence-electron chi connectivity index (χ3n) is 5.54. The first-order valence-corrected chi connectivity index (χ1v) is 14.4. The standard InChI is InChI=1S/C24H34BrNO5Si/c1-8-28-23(27)16-29-20-13-12-18(14-17(20)2)31-21(19-10-9-11-22(25)26-19)15-30-32(6,7)24(3,4)5/h9-14,21H,8,15-16H2,1-7H3. The van der Waals surface area contributed by atoms with E-state index in [1.54, 1.807) is 13.0 Å². The van der Waals surface area contributed by atoms with Crippen LogP contribution >= 0.6 is 15.9 Å². The maximum atomic E-state index is 11.6. The summed E-state index contributed by atoms with van der Waals surface area (Å²) in [6.45, 7) is 15.4. The topological polar surface area (TPSA) is 66.9 Å². The van der Waals surface area contributed by atoms with E-state index in [1.807, 2.05) is 37.3 Å². The Kier molecular flexibility index (Phi) is 9.30. The lowest BCUT2D eigenvalue weighted by molar-refractivity contribution is -0.145. The maximum absolute atomic E-state index is 11.6. The van der Waals surface area contributed by atoms with Crippen LogP contribution in [0.2, 0.25) is 18.1 Å². The number of ether oxygens (including phenoxy) is 3. The number of rotatable bonds is 10. The van der Waals surface area contributed by atoms with Crippen molar-refractivity contribution in [3.63, 3.8) is 0 Å². The van der Waals surface area contributed by atoms with Gasteiger partial charge in [0.2, 0.25) is 0 Å². The van der Waals surface area contributed by atoms with Crippen LogP contribution in [0, 0.1) is 6.92 Å². The molecule has 0 bridgehead atoms. The molecule has 1 heterocycles. The zero-order valence-electron chi connectivity index (χ0n) is 20.0. The summed E-state index contributed by atoms with van der Waals surface area (Å²) < 4.78 is 24.0. The molecule has 8 heteroatoms. The molecule has 1 atom stereocenters.